The molecule has 0 aromatic carbocycles. The summed E-state index contributed by atoms with van der Waals surface area (Å²) in [5.74, 6) is 1.92. The molecule has 0 radical (unpaired) electrons. The van der Waals surface area contributed by atoms with Gasteiger partial charge in [0.25, 0.3) is 0 Å². The Morgan fingerprint density at radius 2 is 2.06 bits per heavy atom. The van der Waals surface area contributed by atoms with Gasteiger partial charge in [-0.15, -0.1) is 0 Å². The van der Waals surface area contributed by atoms with E-state index < -0.39 is 0 Å². The van der Waals surface area contributed by atoms with Crippen molar-refractivity contribution < 1.29 is 0 Å². The molecule has 1 aromatic heterocycles. The van der Waals surface area contributed by atoms with Gasteiger partial charge < -0.3 is 15.1 Å². The number of hydrogen-bond donors (Lipinski definition) is 1. The molecule has 0 aliphatic carbocycles. The van der Waals surface area contributed by atoms with Gasteiger partial charge in [0.2, 0.25) is 0 Å². The predicted octanol–water partition coefficient (Wildman–Crippen LogP) is 0.338. The van der Waals surface area contributed by atoms with Gasteiger partial charge in [0.05, 0.1) is 6.54 Å². The second-order valence-corrected chi connectivity index (χ2v) is 4.28. The molecule has 0 unspecified atom stereocenters. The van der Waals surface area contributed by atoms with Gasteiger partial charge in [-0.1, -0.05) is 6.92 Å². The molecule has 1 fully saturated rings. The van der Waals surface area contributed by atoms with Crippen molar-refractivity contribution in [1.29, 1.82) is 0 Å². The number of likely N-dealkylation sites (N-methyl/N-ethyl adjacent to an activating group) is 1. The van der Waals surface area contributed by atoms with Gasteiger partial charge in [-0.2, -0.15) is 0 Å². The minimum absolute atomic E-state index is 0.725. The van der Waals surface area contributed by atoms with E-state index in [0.717, 1.165) is 50.9 Å². The summed E-state index contributed by atoms with van der Waals surface area (Å²) in [6, 6.07) is 2.00. The van der Waals surface area contributed by atoms with E-state index >= 15 is 0 Å². The first-order chi connectivity index (χ1) is 8.33. The highest BCUT2D eigenvalue weighted by atomic mass is 15.3. The zero-order valence-corrected chi connectivity index (χ0v) is 10.7. The quantitative estimate of drug-likeness (QED) is 0.815. The maximum Gasteiger partial charge on any atom is 0.144 e. The van der Waals surface area contributed by atoms with Crippen molar-refractivity contribution in [3.8, 4) is 0 Å². The number of rotatable bonds is 4. The molecular weight excluding hydrogens is 214 g/mol. The van der Waals surface area contributed by atoms with E-state index in [1.54, 1.807) is 0 Å². The molecule has 0 atom stereocenters. The van der Waals surface area contributed by atoms with Gasteiger partial charge in [0.1, 0.15) is 11.6 Å². The number of nitrogens with zero attached hydrogens (tertiary/aromatic N) is 4. The standard InChI is InChI=1S/C12H21N5/c1-3-16-6-8-17(9-7-16)12-4-5-14-11(15-12)10-13-2/h4-5,13H,3,6-10H2,1-2H3. The highest BCUT2D eigenvalue weighted by molar-refractivity contribution is 5.38. The van der Waals surface area contributed by atoms with Crippen LogP contribution in [0.3, 0.4) is 0 Å². The lowest BCUT2D eigenvalue weighted by Gasteiger charge is -2.34. The van der Waals surface area contributed by atoms with Crippen LogP contribution in [0.4, 0.5) is 5.82 Å². The number of aromatic nitrogens is 2. The molecule has 94 valence electrons. The molecule has 0 bridgehead atoms. The number of hydrogen-bond acceptors (Lipinski definition) is 5. The van der Waals surface area contributed by atoms with Crippen molar-refractivity contribution in [3.63, 3.8) is 0 Å². The number of nitrogens with one attached hydrogen (secondary N) is 1. The minimum Gasteiger partial charge on any atom is -0.354 e. The lowest BCUT2D eigenvalue weighted by atomic mass is 10.3. The first-order valence-corrected chi connectivity index (χ1v) is 6.27. The van der Waals surface area contributed by atoms with Crippen molar-refractivity contribution in [1.82, 2.24) is 20.2 Å². The van der Waals surface area contributed by atoms with Gasteiger partial charge in [0.15, 0.2) is 0 Å². The van der Waals surface area contributed by atoms with Gasteiger partial charge >= 0.3 is 0 Å². The lowest BCUT2D eigenvalue weighted by Crippen LogP contribution is -2.46. The molecule has 1 saturated heterocycles. The summed E-state index contributed by atoms with van der Waals surface area (Å²) in [6.07, 6.45) is 1.85. The summed E-state index contributed by atoms with van der Waals surface area (Å²) in [6.45, 7) is 8.45. The Kier molecular flexibility index (Phi) is 4.28. The van der Waals surface area contributed by atoms with Gasteiger partial charge in [-0.25, -0.2) is 9.97 Å². The third-order valence-electron chi connectivity index (χ3n) is 3.17. The molecule has 0 spiro atoms. The van der Waals surface area contributed by atoms with Crippen molar-refractivity contribution in [2.45, 2.75) is 13.5 Å². The summed E-state index contributed by atoms with van der Waals surface area (Å²) in [4.78, 5) is 13.6. The number of anilines is 1. The summed E-state index contributed by atoms with van der Waals surface area (Å²) in [7, 11) is 1.91. The molecule has 1 N–H and O–H groups in total. The van der Waals surface area contributed by atoms with E-state index in [-0.39, 0.29) is 0 Å². The fourth-order valence-electron chi connectivity index (χ4n) is 2.10. The molecule has 1 aromatic rings. The van der Waals surface area contributed by atoms with E-state index in [9.17, 15) is 0 Å². The van der Waals surface area contributed by atoms with Crippen LogP contribution in [0, 0.1) is 0 Å². The van der Waals surface area contributed by atoms with Gasteiger partial charge in [0, 0.05) is 32.4 Å². The molecule has 1 aliphatic rings. The van der Waals surface area contributed by atoms with E-state index in [1.807, 2.05) is 19.3 Å². The van der Waals surface area contributed by atoms with Crippen LogP contribution < -0.4 is 10.2 Å². The topological polar surface area (TPSA) is 44.3 Å². The Morgan fingerprint density at radius 1 is 1.29 bits per heavy atom. The summed E-state index contributed by atoms with van der Waals surface area (Å²) >= 11 is 0. The Labute approximate surface area is 103 Å². The average Bonchev–Trinajstić information content (AvgIpc) is 2.40. The van der Waals surface area contributed by atoms with Crippen LogP contribution in [0.2, 0.25) is 0 Å². The predicted molar refractivity (Wildman–Crippen MR) is 69.1 cm³/mol. The average molecular weight is 235 g/mol. The maximum atomic E-state index is 4.57. The van der Waals surface area contributed by atoms with Crippen LogP contribution in [0.5, 0.6) is 0 Å². The summed E-state index contributed by atoms with van der Waals surface area (Å²) in [5, 5.41) is 3.08. The van der Waals surface area contributed by atoms with Crippen molar-refractivity contribution >= 4 is 5.82 Å². The van der Waals surface area contributed by atoms with Crippen molar-refractivity contribution in [2.24, 2.45) is 0 Å². The van der Waals surface area contributed by atoms with Crippen LogP contribution in [-0.2, 0) is 6.54 Å². The lowest BCUT2D eigenvalue weighted by molar-refractivity contribution is 0.270. The Bertz CT molecular complexity index is 347. The highest BCUT2D eigenvalue weighted by Gasteiger charge is 2.16. The molecule has 1 aliphatic heterocycles. The number of piperazine rings is 1. The fourth-order valence-corrected chi connectivity index (χ4v) is 2.10. The van der Waals surface area contributed by atoms with E-state index in [4.69, 9.17) is 0 Å². The second-order valence-electron chi connectivity index (χ2n) is 4.28. The smallest absolute Gasteiger partial charge is 0.144 e. The van der Waals surface area contributed by atoms with E-state index in [2.05, 4.69) is 32.0 Å². The Balaban J connectivity index is 2.00. The third-order valence-corrected chi connectivity index (χ3v) is 3.17. The van der Waals surface area contributed by atoms with Crippen molar-refractivity contribution in [3.05, 3.63) is 18.1 Å². The largest absolute Gasteiger partial charge is 0.354 e. The molecule has 17 heavy (non-hydrogen) atoms. The zero-order chi connectivity index (χ0) is 12.1. The van der Waals surface area contributed by atoms with Crippen LogP contribution in [0.1, 0.15) is 12.7 Å². The first kappa shape index (κ1) is 12.3. The molecule has 5 heteroatoms. The monoisotopic (exact) mass is 235 g/mol. The summed E-state index contributed by atoms with van der Waals surface area (Å²) < 4.78 is 0. The SMILES string of the molecule is CCN1CCN(c2ccnc(CNC)n2)CC1. The van der Waals surface area contributed by atoms with Crippen LogP contribution in [-0.4, -0.2) is 54.6 Å². The molecule has 0 saturated carbocycles. The third kappa shape index (κ3) is 3.14. The Morgan fingerprint density at radius 3 is 2.71 bits per heavy atom. The summed E-state index contributed by atoms with van der Waals surface area (Å²) in [5.41, 5.74) is 0. The molecular formula is C12H21N5. The fraction of sp³-hybridized carbons (Fsp3) is 0.667. The highest BCUT2D eigenvalue weighted by Crippen LogP contribution is 2.12. The van der Waals surface area contributed by atoms with Crippen LogP contribution >= 0.6 is 0 Å². The Hall–Kier alpha value is -1.20. The molecule has 2 heterocycles. The molecule has 2 rings (SSSR count). The van der Waals surface area contributed by atoms with Gasteiger partial charge in [-0.05, 0) is 19.7 Å². The second kappa shape index (κ2) is 5.93. The van der Waals surface area contributed by atoms with E-state index in [0.29, 0.717) is 0 Å². The molecule has 0 amide bonds. The van der Waals surface area contributed by atoms with E-state index in [1.165, 1.54) is 0 Å². The maximum absolute atomic E-state index is 4.57. The zero-order valence-electron chi connectivity index (χ0n) is 10.7. The van der Waals surface area contributed by atoms with Crippen LogP contribution in [0.15, 0.2) is 12.3 Å². The van der Waals surface area contributed by atoms with Gasteiger partial charge in [-0.3, -0.25) is 0 Å². The normalized spacial score (nSPS) is 17.4. The van der Waals surface area contributed by atoms with Crippen molar-refractivity contribution in [2.75, 3.05) is 44.7 Å². The first-order valence-electron chi connectivity index (χ1n) is 6.27. The molecule has 5 nitrogen and oxygen atoms in total. The van der Waals surface area contributed by atoms with Crippen LogP contribution in [0.25, 0.3) is 0 Å². The minimum atomic E-state index is 0.725.